The van der Waals surface area contributed by atoms with Crippen molar-refractivity contribution in [2.75, 3.05) is 27.3 Å². The maximum atomic E-state index is 14.5. The smallest absolute Gasteiger partial charge is 0.252 e. The number of halogens is 2. The third-order valence-electron chi connectivity index (χ3n) is 5.90. The number of fused-ring (bicyclic) bond motifs is 1. The molecule has 2 heterocycles. The molecule has 2 fully saturated rings. The molecule has 0 spiro atoms. The molecule has 0 saturated carbocycles. The fourth-order valence-corrected chi connectivity index (χ4v) is 3.99. The molecule has 0 bridgehead atoms. The Balaban J connectivity index is 1.87. The van der Waals surface area contributed by atoms with Gasteiger partial charge in [0.1, 0.15) is 6.10 Å². The van der Waals surface area contributed by atoms with Crippen LogP contribution in [0.25, 0.3) is 0 Å². The van der Waals surface area contributed by atoms with Crippen molar-refractivity contribution in [3.05, 3.63) is 35.9 Å². The summed E-state index contributed by atoms with van der Waals surface area (Å²) in [5.74, 6) is -6.42. The van der Waals surface area contributed by atoms with Gasteiger partial charge in [0, 0.05) is 33.9 Å². The highest BCUT2D eigenvalue weighted by Gasteiger charge is 2.61. The summed E-state index contributed by atoms with van der Waals surface area (Å²) in [6, 6.07) is 9.81. The predicted octanol–water partition coefficient (Wildman–Crippen LogP) is 3.28. The third kappa shape index (κ3) is 3.89. The molecule has 0 unspecified atom stereocenters. The summed E-state index contributed by atoms with van der Waals surface area (Å²) in [5, 5.41) is 0. The zero-order valence-electron chi connectivity index (χ0n) is 16.6. The van der Waals surface area contributed by atoms with Crippen LogP contribution in [0.1, 0.15) is 26.3 Å². The molecule has 1 aromatic rings. The third-order valence-corrected chi connectivity index (χ3v) is 5.90. The second-order valence-corrected chi connectivity index (χ2v) is 7.78. The fourth-order valence-electron chi connectivity index (χ4n) is 3.99. The van der Waals surface area contributed by atoms with Crippen LogP contribution < -0.4 is 0 Å². The van der Waals surface area contributed by atoms with Crippen molar-refractivity contribution in [1.82, 2.24) is 4.90 Å². The summed E-state index contributed by atoms with van der Waals surface area (Å²) in [4.78, 5) is 1.99. The number of likely N-dealkylation sites (tertiary alicyclic amines) is 1. The number of hydrogen-bond acceptors (Lipinski definition) is 5. The Bertz CT molecular complexity index is 641. The second kappa shape index (κ2) is 7.37. The summed E-state index contributed by atoms with van der Waals surface area (Å²) in [7, 11) is 2.96. The van der Waals surface area contributed by atoms with Crippen molar-refractivity contribution in [2.45, 2.75) is 57.0 Å². The molecule has 0 aliphatic carbocycles. The molecule has 2 aliphatic heterocycles. The Morgan fingerprint density at radius 1 is 1.07 bits per heavy atom. The first-order chi connectivity index (χ1) is 12.6. The van der Waals surface area contributed by atoms with Crippen molar-refractivity contribution >= 4 is 0 Å². The lowest BCUT2D eigenvalue weighted by atomic mass is 9.85. The van der Waals surface area contributed by atoms with Crippen LogP contribution in [0.5, 0.6) is 0 Å². The molecular formula is C20H29F2NO4. The molecule has 1 aromatic carbocycles. The lowest BCUT2D eigenvalue weighted by Gasteiger charge is -2.57. The van der Waals surface area contributed by atoms with E-state index in [1.54, 1.807) is 13.8 Å². The van der Waals surface area contributed by atoms with Crippen LogP contribution in [0, 0.1) is 5.92 Å². The summed E-state index contributed by atoms with van der Waals surface area (Å²) in [6.07, 6.45) is -1.34. The zero-order chi connectivity index (χ0) is 19.9. The largest absolute Gasteiger partial charge is 0.349 e. The molecule has 5 nitrogen and oxygen atoms in total. The van der Waals surface area contributed by atoms with Crippen LogP contribution in [0.3, 0.4) is 0 Å². The number of benzene rings is 1. The first-order valence-corrected chi connectivity index (χ1v) is 9.22. The van der Waals surface area contributed by atoms with Gasteiger partial charge in [0.15, 0.2) is 0 Å². The SMILES string of the molecule is CO[C@@]1(C)O[C@H]2[C@@H](CN(Cc3ccccc3)C[C@@H]2C(C)(F)F)O[C@]1(C)OC. The topological polar surface area (TPSA) is 40.2 Å². The van der Waals surface area contributed by atoms with Gasteiger partial charge in [-0.05, 0) is 26.3 Å². The van der Waals surface area contributed by atoms with Crippen LogP contribution in [-0.4, -0.2) is 61.9 Å². The van der Waals surface area contributed by atoms with Crippen LogP contribution in [0.15, 0.2) is 30.3 Å². The van der Waals surface area contributed by atoms with Gasteiger partial charge in [-0.1, -0.05) is 30.3 Å². The number of piperidine rings is 1. The lowest BCUT2D eigenvalue weighted by Crippen LogP contribution is -2.71. The van der Waals surface area contributed by atoms with E-state index in [-0.39, 0.29) is 6.54 Å². The van der Waals surface area contributed by atoms with Gasteiger partial charge in [0.05, 0.1) is 12.0 Å². The van der Waals surface area contributed by atoms with Gasteiger partial charge >= 0.3 is 0 Å². The Hall–Kier alpha value is -1.12. The highest BCUT2D eigenvalue weighted by molar-refractivity contribution is 5.15. The first-order valence-electron chi connectivity index (χ1n) is 9.22. The number of methoxy groups -OCH3 is 2. The maximum absolute atomic E-state index is 14.5. The van der Waals surface area contributed by atoms with Gasteiger partial charge in [-0.2, -0.15) is 0 Å². The summed E-state index contributed by atoms with van der Waals surface area (Å²) in [6.45, 7) is 5.58. The fraction of sp³-hybridized carbons (Fsp3) is 0.700. The Labute approximate surface area is 159 Å². The minimum atomic E-state index is -2.92. The number of ether oxygens (including phenoxy) is 4. The molecule has 152 valence electrons. The van der Waals surface area contributed by atoms with Crippen LogP contribution in [-0.2, 0) is 25.5 Å². The van der Waals surface area contributed by atoms with Crippen LogP contribution in [0.2, 0.25) is 0 Å². The van der Waals surface area contributed by atoms with E-state index < -0.39 is 35.6 Å². The van der Waals surface area contributed by atoms with Crippen molar-refractivity contribution < 1.29 is 27.7 Å². The molecule has 5 atom stereocenters. The molecule has 0 radical (unpaired) electrons. The number of hydrogen-bond donors (Lipinski definition) is 0. The van der Waals surface area contributed by atoms with Crippen molar-refractivity contribution in [1.29, 1.82) is 0 Å². The minimum absolute atomic E-state index is 0.215. The Kier molecular flexibility index (Phi) is 5.62. The van der Waals surface area contributed by atoms with E-state index in [4.69, 9.17) is 18.9 Å². The van der Waals surface area contributed by atoms with E-state index in [9.17, 15) is 8.78 Å². The standard InChI is InChI=1S/C20H29F2NO4/c1-18(21,22)15-12-23(11-14-9-7-6-8-10-14)13-16-17(15)27-20(3,25-5)19(2,24-4)26-16/h6-10,15-17H,11-13H2,1-5H3/t15-,16+,17+,19-,20-/m0/s1. The highest BCUT2D eigenvalue weighted by Crippen LogP contribution is 2.45. The van der Waals surface area contributed by atoms with E-state index in [2.05, 4.69) is 0 Å². The number of alkyl halides is 2. The number of rotatable bonds is 5. The molecule has 2 saturated heterocycles. The predicted molar refractivity (Wildman–Crippen MR) is 96.4 cm³/mol. The van der Waals surface area contributed by atoms with Gasteiger partial charge < -0.3 is 18.9 Å². The molecular weight excluding hydrogens is 356 g/mol. The quantitative estimate of drug-likeness (QED) is 0.778. The van der Waals surface area contributed by atoms with Crippen molar-refractivity contribution in [3.8, 4) is 0 Å². The summed E-state index contributed by atoms with van der Waals surface area (Å²) in [5.41, 5.74) is 1.07. The molecule has 0 aromatic heterocycles. The van der Waals surface area contributed by atoms with Gasteiger partial charge in [-0.15, -0.1) is 0 Å². The molecule has 0 amide bonds. The van der Waals surface area contributed by atoms with E-state index in [0.717, 1.165) is 12.5 Å². The highest BCUT2D eigenvalue weighted by atomic mass is 19.3. The summed E-state index contributed by atoms with van der Waals surface area (Å²) >= 11 is 0. The van der Waals surface area contributed by atoms with E-state index in [1.807, 2.05) is 35.2 Å². The average molecular weight is 385 g/mol. The minimum Gasteiger partial charge on any atom is -0.349 e. The maximum Gasteiger partial charge on any atom is 0.252 e. The average Bonchev–Trinajstić information content (AvgIpc) is 2.62. The monoisotopic (exact) mass is 385 g/mol. The number of nitrogens with zero attached hydrogens (tertiary/aromatic N) is 1. The molecule has 7 heteroatoms. The van der Waals surface area contributed by atoms with Gasteiger partial charge in [-0.25, -0.2) is 8.78 Å². The van der Waals surface area contributed by atoms with Gasteiger partial charge in [0.2, 0.25) is 11.6 Å². The molecule has 2 aliphatic rings. The molecule has 0 N–H and O–H groups in total. The Morgan fingerprint density at radius 2 is 1.67 bits per heavy atom. The first kappa shape index (κ1) is 20.6. The van der Waals surface area contributed by atoms with Crippen molar-refractivity contribution in [3.63, 3.8) is 0 Å². The zero-order valence-corrected chi connectivity index (χ0v) is 16.6. The van der Waals surface area contributed by atoms with Crippen LogP contribution in [0.4, 0.5) is 8.78 Å². The van der Waals surface area contributed by atoms with Gasteiger partial charge in [0.25, 0.3) is 5.92 Å². The summed E-state index contributed by atoms with van der Waals surface area (Å²) < 4.78 is 52.3. The van der Waals surface area contributed by atoms with Gasteiger partial charge in [-0.3, -0.25) is 4.90 Å². The Morgan fingerprint density at radius 3 is 2.22 bits per heavy atom. The molecule has 3 rings (SSSR count). The molecule has 27 heavy (non-hydrogen) atoms. The van der Waals surface area contributed by atoms with Crippen molar-refractivity contribution in [2.24, 2.45) is 5.92 Å². The van der Waals surface area contributed by atoms with E-state index in [1.165, 1.54) is 14.2 Å². The normalized spacial score (nSPS) is 37.8. The van der Waals surface area contributed by atoms with E-state index in [0.29, 0.717) is 13.1 Å². The lowest BCUT2D eigenvalue weighted by molar-refractivity contribution is -0.461. The van der Waals surface area contributed by atoms with Crippen LogP contribution >= 0.6 is 0 Å². The second-order valence-electron chi connectivity index (χ2n) is 7.78. The van der Waals surface area contributed by atoms with E-state index >= 15 is 0 Å².